The summed E-state index contributed by atoms with van der Waals surface area (Å²) >= 11 is 0. The van der Waals surface area contributed by atoms with Gasteiger partial charge in [-0.15, -0.1) is 0 Å². The molecule has 0 saturated carbocycles. The van der Waals surface area contributed by atoms with E-state index >= 15 is 0 Å². The molecule has 3 aromatic rings. The predicted molar refractivity (Wildman–Crippen MR) is 189 cm³/mol. The van der Waals surface area contributed by atoms with Crippen LogP contribution in [0.4, 0.5) is 0 Å². The van der Waals surface area contributed by atoms with Crippen molar-refractivity contribution in [3.05, 3.63) is 63.4 Å². The molecule has 0 spiro atoms. The smallest absolute Gasteiger partial charge is 0.355 e. The van der Waals surface area contributed by atoms with Gasteiger partial charge in [-0.2, -0.15) is 5.06 Å². The third-order valence-corrected chi connectivity index (χ3v) is 11.3. The number of rotatable bonds is 10. The average Bonchev–Trinajstić information content (AvgIpc) is 3.43. The van der Waals surface area contributed by atoms with Crippen LogP contribution in [-0.4, -0.2) is 82.1 Å². The number of cyclic esters (lactones) is 1. The highest BCUT2D eigenvalue weighted by molar-refractivity contribution is 7.90. The van der Waals surface area contributed by atoms with Gasteiger partial charge in [-0.05, 0) is 72.1 Å². The number of pyridine rings is 2. The van der Waals surface area contributed by atoms with E-state index in [1.807, 2.05) is 58.0 Å². The first kappa shape index (κ1) is 36.6. The number of esters is 2. The first-order valence-electron chi connectivity index (χ1n) is 17.2. The summed E-state index contributed by atoms with van der Waals surface area (Å²) in [5.74, 6) is -1.96. The van der Waals surface area contributed by atoms with Crippen molar-refractivity contribution in [3.63, 3.8) is 0 Å². The van der Waals surface area contributed by atoms with Crippen molar-refractivity contribution >= 4 is 38.7 Å². The largest absolute Gasteiger partial charge is 0.457 e. The lowest BCUT2D eigenvalue weighted by Gasteiger charge is -2.51. The van der Waals surface area contributed by atoms with Gasteiger partial charge in [0.2, 0.25) is 15.6 Å². The van der Waals surface area contributed by atoms with Crippen LogP contribution in [0.3, 0.4) is 0 Å². The standard InChI is InChI=1S/C36H45N5O9S/c1-7-36(26-16-28-31-23(15-22-11-9-10-12-27(22)38-31)20-40(28)32(43)25(26)21-49-33(36)44)50-30(42)19-37-29(39-51(46,47)8-2)13-14-48-24-17-34(3,4)41(45)35(5,6)18-24/h9-12,15-16,24,45H,7-8,13-14,17-21H2,1-6H3,(H,37,39)/t36-/m0/s1. The lowest BCUT2D eigenvalue weighted by molar-refractivity contribution is -0.261. The minimum Gasteiger partial charge on any atom is -0.457 e. The predicted octanol–water partition coefficient (Wildman–Crippen LogP) is 3.79. The van der Waals surface area contributed by atoms with Gasteiger partial charge in [0.1, 0.15) is 19.0 Å². The Morgan fingerprint density at radius 2 is 1.82 bits per heavy atom. The molecular formula is C36H45N5O9S. The van der Waals surface area contributed by atoms with Crippen molar-refractivity contribution in [1.29, 1.82) is 0 Å². The summed E-state index contributed by atoms with van der Waals surface area (Å²) in [4.78, 5) is 49.8. The second-order valence-electron chi connectivity index (χ2n) is 14.6. The molecule has 1 atom stereocenters. The van der Waals surface area contributed by atoms with Crippen molar-refractivity contribution in [2.75, 3.05) is 18.9 Å². The number of hydrogen-bond donors (Lipinski definition) is 2. The Hall–Kier alpha value is -4.18. The van der Waals surface area contributed by atoms with Crippen LogP contribution < -0.4 is 10.3 Å². The Kier molecular flexibility index (Phi) is 9.63. The SMILES string of the molecule is CC[C@@]1(OC(=O)CN=C(CCOC2CC(C)(C)N(O)C(C)(C)C2)NS(=O)(=O)CC)C(=O)OCc2c1cc1n(c2=O)Cc2cc3ccccc3nc2-1. The minimum atomic E-state index is -3.75. The van der Waals surface area contributed by atoms with Gasteiger partial charge < -0.3 is 24.0 Å². The molecule has 3 aliphatic heterocycles. The van der Waals surface area contributed by atoms with Crippen molar-refractivity contribution in [1.82, 2.24) is 19.3 Å². The first-order valence-corrected chi connectivity index (χ1v) is 18.9. The van der Waals surface area contributed by atoms with Gasteiger partial charge >= 0.3 is 11.9 Å². The number of carbonyl (C=O) groups is 2. The summed E-state index contributed by atoms with van der Waals surface area (Å²) in [6.07, 6.45) is 0.904. The number of aromatic nitrogens is 2. The lowest BCUT2D eigenvalue weighted by Crippen LogP contribution is -2.60. The van der Waals surface area contributed by atoms with E-state index in [-0.39, 0.29) is 60.4 Å². The van der Waals surface area contributed by atoms with E-state index in [2.05, 4.69) is 9.71 Å². The molecule has 3 aliphatic rings. The molecule has 0 amide bonds. The molecule has 2 aromatic heterocycles. The Labute approximate surface area is 296 Å². The van der Waals surface area contributed by atoms with E-state index in [1.54, 1.807) is 17.6 Å². The van der Waals surface area contributed by atoms with Crippen LogP contribution in [0.1, 0.15) is 83.9 Å². The molecule has 0 unspecified atom stereocenters. The molecule has 0 radical (unpaired) electrons. The molecule has 274 valence electrons. The second-order valence-corrected chi connectivity index (χ2v) is 16.6. The summed E-state index contributed by atoms with van der Waals surface area (Å²) < 4.78 is 46.5. The molecule has 6 rings (SSSR count). The minimum absolute atomic E-state index is 0.00458. The van der Waals surface area contributed by atoms with E-state index in [4.69, 9.17) is 19.2 Å². The third-order valence-electron chi connectivity index (χ3n) is 10.0. The maximum atomic E-state index is 13.8. The average molecular weight is 724 g/mol. The lowest BCUT2D eigenvalue weighted by atomic mass is 9.80. The second kappa shape index (κ2) is 13.4. The van der Waals surface area contributed by atoms with Crippen LogP contribution in [0.5, 0.6) is 0 Å². The van der Waals surface area contributed by atoms with Gasteiger partial charge in [0, 0.05) is 34.0 Å². The quantitative estimate of drug-likeness (QED) is 0.138. The Morgan fingerprint density at radius 3 is 2.51 bits per heavy atom. The number of piperidine rings is 1. The van der Waals surface area contributed by atoms with Crippen molar-refractivity contribution in [3.8, 4) is 11.4 Å². The molecule has 0 aliphatic carbocycles. The normalized spacial score (nSPS) is 21.5. The number of ether oxygens (including phenoxy) is 3. The van der Waals surface area contributed by atoms with E-state index in [9.17, 15) is 28.0 Å². The van der Waals surface area contributed by atoms with Gasteiger partial charge in [-0.1, -0.05) is 25.1 Å². The maximum Gasteiger partial charge on any atom is 0.355 e. The maximum absolute atomic E-state index is 13.8. The van der Waals surface area contributed by atoms with Crippen LogP contribution >= 0.6 is 0 Å². The Morgan fingerprint density at radius 1 is 1.12 bits per heavy atom. The zero-order valence-corrected chi connectivity index (χ0v) is 30.6. The van der Waals surface area contributed by atoms with Gasteiger partial charge in [-0.3, -0.25) is 14.5 Å². The summed E-state index contributed by atoms with van der Waals surface area (Å²) in [7, 11) is -3.75. The molecule has 14 nitrogen and oxygen atoms in total. The van der Waals surface area contributed by atoms with E-state index in [0.29, 0.717) is 30.8 Å². The van der Waals surface area contributed by atoms with Crippen LogP contribution in [0.25, 0.3) is 22.3 Å². The van der Waals surface area contributed by atoms with Gasteiger partial charge in [0.25, 0.3) is 5.56 Å². The third kappa shape index (κ3) is 6.91. The topological polar surface area (TPSA) is 179 Å². The number of nitrogens with zero attached hydrogens (tertiary/aromatic N) is 4. The van der Waals surface area contributed by atoms with Crippen LogP contribution in [0, 0.1) is 0 Å². The van der Waals surface area contributed by atoms with E-state index in [1.165, 1.54) is 12.0 Å². The number of benzene rings is 1. The number of nitrogens with one attached hydrogen (secondary N) is 1. The van der Waals surface area contributed by atoms with Gasteiger partial charge in [0.05, 0.1) is 47.5 Å². The molecule has 1 fully saturated rings. The molecule has 1 aromatic carbocycles. The van der Waals surface area contributed by atoms with Crippen molar-refractivity contribution in [2.45, 2.75) is 103 Å². The zero-order chi connectivity index (χ0) is 36.9. The zero-order valence-electron chi connectivity index (χ0n) is 29.8. The number of amidine groups is 1. The number of hydrogen-bond acceptors (Lipinski definition) is 12. The number of carbonyl (C=O) groups excluding carboxylic acids is 2. The van der Waals surface area contributed by atoms with E-state index < -0.39 is 45.2 Å². The fraction of sp³-hybridized carbons (Fsp3) is 0.528. The number of hydroxylamine groups is 2. The Bertz CT molecular complexity index is 2070. The summed E-state index contributed by atoms with van der Waals surface area (Å²) in [5.41, 5.74) is -0.200. The monoisotopic (exact) mass is 723 g/mol. The first-order chi connectivity index (χ1) is 24.0. The summed E-state index contributed by atoms with van der Waals surface area (Å²) in [6, 6.07) is 11.3. The molecule has 15 heteroatoms. The number of aliphatic imine (C=N–C) groups is 1. The highest BCUT2D eigenvalue weighted by Gasteiger charge is 2.50. The van der Waals surface area contributed by atoms with Crippen LogP contribution in [-0.2, 0) is 52.6 Å². The Balaban J connectivity index is 1.24. The highest BCUT2D eigenvalue weighted by atomic mass is 32.2. The summed E-state index contributed by atoms with van der Waals surface area (Å²) in [5, 5.41) is 12.9. The molecule has 51 heavy (non-hydrogen) atoms. The molecule has 2 N–H and O–H groups in total. The fourth-order valence-electron chi connectivity index (χ4n) is 7.50. The van der Waals surface area contributed by atoms with Gasteiger partial charge in [-0.25, -0.2) is 23.0 Å². The molecule has 1 saturated heterocycles. The summed E-state index contributed by atoms with van der Waals surface area (Å²) in [6.45, 7) is 10.3. The van der Waals surface area contributed by atoms with Crippen molar-refractivity contribution < 1.29 is 37.4 Å². The van der Waals surface area contributed by atoms with Crippen LogP contribution in [0.2, 0.25) is 0 Å². The fourth-order valence-corrected chi connectivity index (χ4v) is 8.17. The van der Waals surface area contributed by atoms with Crippen LogP contribution in [0.15, 0.2) is 46.2 Å². The molecular weight excluding hydrogens is 678 g/mol. The number of sulfonamides is 1. The molecule has 5 heterocycles. The van der Waals surface area contributed by atoms with Gasteiger partial charge in [0.15, 0.2) is 0 Å². The van der Waals surface area contributed by atoms with E-state index in [0.717, 1.165) is 16.5 Å². The molecule has 0 bridgehead atoms. The van der Waals surface area contributed by atoms with Crippen molar-refractivity contribution in [2.24, 2.45) is 4.99 Å². The highest BCUT2D eigenvalue weighted by Crippen LogP contribution is 2.41. The number of para-hydroxylation sites is 1. The number of fused-ring (bicyclic) bond motifs is 5.